The molecule has 0 aromatic heterocycles. The summed E-state index contributed by atoms with van der Waals surface area (Å²) in [5, 5.41) is 10.4. The predicted octanol–water partition coefficient (Wildman–Crippen LogP) is 3.90. The highest BCUT2D eigenvalue weighted by atomic mass is 16.3. The van der Waals surface area contributed by atoms with Gasteiger partial charge in [0.25, 0.3) is 0 Å². The Morgan fingerprint density at radius 1 is 1.24 bits per heavy atom. The van der Waals surface area contributed by atoms with Crippen molar-refractivity contribution in [2.45, 2.75) is 58.0 Å². The fourth-order valence-corrected chi connectivity index (χ4v) is 2.90. The SMILES string of the molecule is CC(C)CCC(O)C1CCCc2ccccc21. The van der Waals surface area contributed by atoms with Gasteiger partial charge in [-0.05, 0) is 49.1 Å². The van der Waals surface area contributed by atoms with Crippen molar-refractivity contribution in [2.24, 2.45) is 5.92 Å². The minimum atomic E-state index is -0.154. The molecule has 0 saturated heterocycles. The normalized spacial score (nSPS) is 21.3. The summed E-state index contributed by atoms with van der Waals surface area (Å²) in [7, 11) is 0. The van der Waals surface area contributed by atoms with Crippen molar-refractivity contribution in [3.05, 3.63) is 35.4 Å². The molecule has 0 aliphatic heterocycles. The third-order valence-corrected chi connectivity index (χ3v) is 3.92. The molecule has 0 radical (unpaired) electrons. The van der Waals surface area contributed by atoms with Crippen LogP contribution in [0.5, 0.6) is 0 Å². The molecule has 1 nitrogen and oxygen atoms in total. The van der Waals surface area contributed by atoms with E-state index in [0.717, 1.165) is 19.3 Å². The number of hydrogen-bond donors (Lipinski definition) is 1. The molecule has 0 saturated carbocycles. The Bertz CT molecular complexity index is 356. The van der Waals surface area contributed by atoms with E-state index >= 15 is 0 Å². The van der Waals surface area contributed by atoms with Crippen molar-refractivity contribution in [3.63, 3.8) is 0 Å². The number of rotatable bonds is 4. The molecule has 0 amide bonds. The van der Waals surface area contributed by atoms with Crippen LogP contribution in [0.1, 0.15) is 56.6 Å². The van der Waals surface area contributed by atoms with Crippen LogP contribution in [0.25, 0.3) is 0 Å². The molecule has 1 aromatic carbocycles. The first-order chi connectivity index (χ1) is 8.18. The van der Waals surface area contributed by atoms with Crippen molar-refractivity contribution in [3.8, 4) is 0 Å². The minimum absolute atomic E-state index is 0.154. The van der Waals surface area contributed by atoms with E-state index in [9.17, 15) is 5.11 Å². The highest BCUT2D eigenvalue weighted by Crippen LogP contribution is 2.35. The second-order valence-corrected chi connectivity index (χ2v) is 5.74. The predicted molar refractivity (Wildman–Crippen MR) is 72.2 cm³/mol. The van der Waals surface area contributed by atoms with Gasteiger partial charge in [0.2, 0.25) is 0 Å². The van der Waals surface area contributed by atoms with Gasteiger partial charge in [-0.1, -0.05) is 38.1 Å². The van der Waals surface area contributed by atoms with Crippen LogP contribution in [0, 0.1) is 5.92 Å². The van der Waals surface area contributed by atoms with E-state index in [0.29, 0.717) is 11.8 Å². The molecule has 0 heterocycles. The van der Waals surface area contributed by atoms with Crippen LogP contribution in [0.2, 0.25) is 0 Å². The summed E-state index contributed by atoms with van der Waals surface area (Å²) < 4.78 is 0. The van der Waals surface area contributed by atoms with Crippen molar-refractivity contribution >= 4 is 0 Å². The first-order valence-corrected chi connectivity index (χ1v) is 6.94. The molecule has 1 aliphatic rings. The van der Waals surface area contributed by atoms with Crippen molar-refractivity contribution in [1.82, 2.24) is 0 Å². The second-order valence-electron chi connectivity index (χ2n) is 5.74. The maximum absolute atomic E-state index is 10.4. The van der Waals surface area contributed by atoms with Gasteiger partial charge in [0.15, 0.2) is 0 Å². The second kappa shape index (κ2) is 5.68. The van der Waals surface area contributed by atoms with Gasteiger partial charge in [-0.2, -0.15) is 0 Å². The smallest absolute Gasteiger partial charge is 0.0608 e. The molecular formula is C16H24O. The largest absolute Gasteiger partial charge is 0.392 e. The van der Waals surface area contributed by atoms with Crippen molar-refractivity contribution < 1.29 is 5.11 Å². The molecule has 1 aromatic rings. The maximum Gasteiger partial charge on any atom is 0.0608 e. The maximum atomic E-state index is 10.4. The summed E-state index contributed by atoms with van der Waals surface area (Å²) >= 11 is 0. The van der Waals surface area contributed by atoms with Gasteiger partial charge in [0, 0.05) is 5.92 Å². The van der Waals surface area contributed by atoms with Gasteiger partial charge < -0.3 is 5.11 Å². The molecule has 17 heavy (non-hydrogen) atoms. The summed E-state index contributed by atoms with van der Waals surface area (Å²) in [6.07, 6.45) is 5.47. The molecule has 0 spiro atoms. The fourth-order valence-electron chi connectivity index (χ4n) is 2.90. The molecule has 1 heteroatoms. The zero-order chi connectivity index (χ0) is 12.3. The lowest BCUT2D eigenvalue weighted by Gasteiger charge is -2.29. The third-order valence-electron chi connectivity index (χ3n) is 3.92. The van der Waals surface area contributed by atoms with Crippen LogP contribution < -0.4 is 0 Å². The quantitative estimate of drug-likeness (QED) is 0.834. The lowest BCUT2D eigenvalue weighted by molar-refractivity contribution is 0.118. The molecule has 0 fully saturated rings. The highest BCUT2D eigenvalue weighted by molar-refractivity contribution is 5.33. The van der Waals surface area contributed by atoms with Crippen molar-refractivity contribution in [2.75, 3.05) is 0 Å². The van der Waals surface area contributed by atoms with Crippen LogP contribution in [-0.2, 0) is 6.42 Å². The molecule has 1 aliphatic carbocycles. The lowest BCUT2D eigenvalue weighted by Crippen LogP contribution is -2.23. The van der Waals surface area contributed by atoms with Crippen LogP contribution in [0.15, 0.2) is 24.3 Å². The average molecular weight is 232 g/mol. The Hall–Kier alpha value is -0.820. The number of aliphatic hydroxyl groups is 1. The Morgan fingerprint density at radius 2 is 2.00 bits per heavy atom. The zero-order valence-electron chi connectivity index (χ0n) is 11.0. The van der Waals surface area contributed by atoms with Crippen LogP contribution >= 0.6 is 0 Å². The van der Waals surface area contributed by atoms with Crippen LogP contribution in [-0.4, -0.2) is 11.2 Å². The molecule has 2 unspecified atom stereocenters. The first-order valence-electron chi connectivity index (χ1n) is 6.94. The van der Waals surface area contributed by atoms with Crippen LogP contribution in [0.3, 0.4) is 0 Å². The van der Waals surface area contributed by atoms with Gasteiger partial charge in [-0.15, -0.1) is 0 Å². The van der Waals surface area contributed by atoms with Gasteiger partial charge in [-0.25, -0.2) is 0 Å². The summed E-state index contributed by atoms with van der Waals surface area (Å²) in [4.78, 5) is 0. The van der Waals surface area contributed by atoms with E-state index in [4.69, 9.17) is 0 Å². The summed E-state index contributed by atoms with van der Waals surface area (Å²) in [5.41, 5.74) is 2.85. The zero-order valence-corrected chi connectivity index (χ0v) is 11.0. The van der Waals surface area contributed by atoms with Crippen LogP contribution in [0.4, 0.5) is 0 Å². The monoisotopic (exact) mass is 232 g/mol. The Balaban J connectivity index is 2.07. The van der Waals surface area contributed by atoms with E-state index in [-0.39, 0.29) is 6.10 Å². The first kappa shape index (κ1) is 12.6. The number of aryl methyl sites for hydroxylation is 1. The number of aliphatic hydroxyl groups excluding tert-OH is 1. The Labute approximate surface area is 105 Å². The van der Waals surface area contributed by atoms with E-state index in [1.165, 1.54) is 24.0 Å². The highest BCUT2D eigenvalue weighted by Gasteiger charge is 2.25. The lowest BCUT2D eigenvalue weighted by atomic mass is 9.78. The topological polar surface area (TPSA) is 20.2 Å². The summed E-state index contributed by atoms with van der Waals surface area (Å²) in [6.45, 7) is 4.45. The number of benzene rings is 1. The van der Waals surface area contributed by atoms with Gasteiger partial charge in [0.05, 0.1) is 6.10 Å². The van der Waals surface area contributed by atoms with Gasteiger partial charge in [-0.3, -0.25) is 0 Å². The van der Waals surface area contributed by atoms with Crippen molar-refractivity contribution in [1.29, 1.82) is 0 Å². The average Bonchev–Trinajstić information content (AvgIpc) is 2.35. The third kappa shape index (κ3) is 3.10. The van der Waals surface area contributed by atoms with Gasteiger partial charge in [0.1, 0.15) is 0 Å². The Morgan fingerprint density at radius 3 is 2.76 bits per heavy atom. The molecule has 2 rings (SSSR count). The molecule has 2 atom stereocenters. The standard InChI is InChI=1S/C16H24O/c1-12(2)10-11-16(17)15-9-5-7-13-6-3-4-8-14(13)15/h3-4,6,8,12,15-17H,5,7,9-11H2,1-2H3. The Kier molecular flexibility index (Phi) is 4.22. The molecule has 1 N–H and O–H groups in total. The fraction of sp³-hybridized carbons (Fsp3) is 0.625. The van der Waals surface area contributed by atoms with Gasteiger partial charge >= 0.3 is 0 Å². The molecular weight excluding hydrogens is 208 g/mol. The van der Waals surface area contributed by atoms with E-state index in [2.05, 4.69) is 38.1 Å². The number of fused-ring (bicyclic) bond motifs is 1. The molecule has 94 valence electrons. The number of hydrogen-bond acceptors (Lipinski definition) is 1. The summed E-state index contributed by atoms with van der Waals surface area (Å²) in [6, 6.07) is 8.64. The van der Waals surface area contributed by atoms with E-state index in [1.54, 1.807) is 0 Å². The summed E-state index contributed by atoms with van der Waals surface area (Å²) in [5.74, 6) is 1.06. The van der Waals surface area contributed by atoms with E-state index in [1.807, 2.05) is 0 Å². The molecule has 0 bridgehead atoms. The van der Waals surface area contributed by atoms with E-state index < -0.39 is 0 Å². The minimum Gasteiger partial charge on any atom is -0.392 e.